The number of aromatic amines is 1. The van der Waals surface area contributed by atoms with Crippen molar-refractivity contribution in [1.29, 1.82) is 0 Å². The second-order valence-corrected chi connectivity index (χ2v) is 12.8. The highest BCUT2D eigenvalue weighted by Gasteiger charge is 2.22. The number of fused-ring (bicyclic) bond motifs is 1. The molecular weight excluding hydrogens is 615 g/mol. The van der Waals surface area contributed by atoms with Gasteiger partial charge in [-0.25, -0.2) is 4.98 Å². The highest BCUT2D eigenvalue weighted by atomic mass is 32.2. The van der Waals surface area contributed by atoms with E-state index in [2.05, 4.69) is 20.3 Å². The topological polar surface area (TPSA) is 184 Å². The summed E-state index contributed by atoms with van der Waals surface area (Å²) in [6.07, 6.45) is 0. The van der Waals surface area contributed by atoms with Crippen LogP contribution in [-0.2, 0) is 20.2 Å². The molecule has 0 saturated carbocycles. The van der Waals surface area contributed by atoms with E-state index in [1.807, 2.05) is 41.8 Å². The number of hydrogen-bond donors (Lipinski definition) is 3. The third kappa shape index (κ3) is 5.67. The number of rotatable bonds is 7. The molecule has 4 aromatic carbocycles. The van der Waals surface area contributed by atoms with Crippen LogP contribution in [-0.4, -0.2) is 40.7 Å². The molecule has 0 amide bonds. The quantitative estimate of drug-likeness (QED) is 0.141. The third-order valence-corrected chi connectivity index (χ3v) is 8.95. The number of H-pyrrole nitrogens is 1. The molecule has 0 saturated heterocycles. The first-order chi connectivity index (χ1) is 20.5. The zero-order valence-electron chi connectivity index (χ0n) is 21.7. The first-order valence-corrected chi connectivity index (χ1v) is 16.1. The number of nitrogens with zero attached hydrogens (tertiary/aromatic N) is 4. The molecule has 0 bridgehead atoms. The van der Waals surface area contributed by atoms with Gasteiger partial charge in [0, 0.05) is 21.9 Å². The van der Waals surface area contributed by atoms with Gasteiger partial charge >= 0.3 is 5.56 Å². The van der Waals surface area contributed by atoms with Gasteiger partial charge in [-0.2, -0.15) is 26.6 Å². The minimum Gasteiger partial charge on any atom is -0.286 e. The maximum absolute atomic E-state index is 13.6. The van der Waals surface area contributed by atoms with E-state index in [9.17, 15) is 30.7 Å². The Morgan fingerprint density at radius 1 is 0.791 bits per heavy atom. The van der Waals surface area contributed by atoms with E-state index in [1.54, 1.807) is 24.3 Å². The van der Waals surface area contributed by atoms with Crippen molar-refractivity contribution in [2.24, 2.45) is 10.2 Å². The summed E-state index contributed by atoms with van der Waals surface area (Å²) >= 11 is 1.26. The maximum Gasteiger partial charge on any atom is 0.301 e. The van der Waals surface area contributed by atoms with Gasteiger partial charge in [0.1, 0.15) is 4.90 Å². The molecule has 6 rings (SSSR count). The SMILES string of the molecule is O=c1c(N=Nc2ccc3c(S(=O)(=O)O)cc(S(=O)(=O)O)cc3c2)c(-c2ccccc2)[nH]n1-c1nc(-c2ccccc2)cs1. The Labute approximate surface area is 248 Å². The van der Waals surface area contributed by atoms with Crippen molar-refractivity contribution in [2.45, 2.75) is 9.79 Å². The van der Waals surface area contributed by atoms with Crippen LogP contribution in [0, 0.1) is 0 Å². The molecule has 3 N–H and O–H groups in total. The first-order valence-electron chi connectivity index (χ1n) is 12.4. The number of azo groups is 1. The minimum atomic E-state index is -4.84. The van der Waals surface area contributed by atoms with E-state index in [4.69, 9.17) is 0 Å². The summed E-state index contributed by atoms with van der Waals surface area (Å²) in [5.74, 6) is 0. The highest BCUT2D eigenvalue weighted by molar-refractivity contribution is 7.86. The van der Waals surface area contributed by atoms with Gasteiger partial charge in [0.05, 0.1) is 22.0 Å². The molecular formula is C28H19N5O7S3. The molecule has 12 nitrogen and oxygen atoms in total. The molecule has 2 heterocycles. The summed E-state index contributed by atoms with van der Waals surface area (Å²) < 4.78 is 67.8. The average molecular weight is 634 g/mol. The smallest absolute Gasteiger partial charge is 0.286 e. The van der Waals surface area contributed by atoms with E-state index in [-0.39, 0.29) is 22.1 Å². The van der Waals surface area contributed by atoms with E-state index in [0.29, 0.717) is 28.1 Å². The molecule has 43 heavy (non-hydrogen) atoms. The second kappa shape index (κ2) is 10.8. The van der Waals surface area contributed by atoms with Crippen molar-refractivity contribution in [3.63, 3.8) is 0 Å². The number of hydrogen-bond acceptors (Lipinski definition) is 9. The van der Waals surface area contributed by atoms with Crippen LogP contribution < -0.4 is 5.56 Å². The zero-order chi connectivity index (χ0) is 30.4. The molecule has 0 radical (unpaired) electrons. The largest absolute Gasteiger partial charge is 0.301 e. The molecule has 0 aliphatic rings. The van der Waals surface area contributed by atoms with Gasteiger partial charge < -0.3 is 0 Å². The number of benzene rings is 4. The molecule has 216 valence electrons. The van der Waals surface area contributed by atoms with Crippen LogP contribution in [0.2, 0.25) is 0 Å². The van der Waals surface area contributed by atoms with Gasteiger partial charge in [-0.3, -0.25) is 19.0 Å². The maximum atomic E-state index is 13.6. The standard InChI is InChI=1S/C28H19N5O7S3/c34-27-26(31-30-20-11-12-22-19(13-20)14-21(42(35,36)37)15-24(22)43(38,39)40)25(18-9-5-2-6-10-18)32-33(27)28-29-23(16-41-28)17-7-3-1-4-8-17/h1-16,32H,(H,35,36,37)(H,38,39,40). The van der Waals surface area contributed by atoms with Crippen molar-refractivity contribution < 1.29 is 25.9 Å². The zero-order valence-corrected chi connectivity index (χ0v) is 24.1. The summed E-state index contributed by atoms with van der Waals surface area (Å²) in [6, 6.07) is 24.2. The molecule has 0 aliphatic carbocycles. The van der Waals surface area contributed by atoms with Crippen molar-refractivity contribution in [2.75, 3.05) is 0 Å². The Morgan fingerprint density at radius 2 is 1.47 bits per heavy atom. The van der Waals surface area contributed by atoms with Gasteiger partial charge in [0.25, 0.3) is 20.2 Å². The molecule has 0 spiro atoms. The number of thiazole rings is 1. The van der Waals surface area contributed by atoms with Crippen molar-refractivity contribution in [3.05, 3.63) is 107 Å². The van der Waals surface area contributed by atoms with Gasteiger partial charge in [-0.15, -0.1) is 16.5 Å². The summed E-state index contributed by atoms with van der Waals surface area (Å²) in [6.45, 7) is 0. The summed E-state index contributed by atoms with van der Waals surface area (Å²) in [7, 11) is -9.65. The summed E-state index contributed by atoms with van der Waals surface area (Å²) in [5, 5.41) is 13.7. The van der Waals surface area contributed by atoms with E-state index in [1.165, 1.54) is 34.2 Å². The first kappa shape index (κ1) is 28.3. The predicted molar refractivity (Wildman–Crippen MR) is 161 cm³/mol. The monoisotopic (exact) mass is 633 g/mol. The fourth-order valence-corrected chi connectivity index (χ4v) is 6.55. The lowest BCUT2D eigenvalue weighted by atomic mass is 10.1. The number of nitrogens with one attached hydrogen (secondary N) is 1. The van der Waals surface area contributed by atoms with Crippen LogP contribution in [0.25, 0.3) is 38.4 Å². The van der Waals surface area contributed by atoms with Crippen molar-refractivity contribution >= 4 is 53.7 Å². The van der Waals surface area contributed by atoms with E-state index >= 15 is 0 Å². The average Bonchev–Trinajstić information content (AvgIpc) is 3.60. The van der Waals surface area contributed by atoms with E-state index < -0.39 is 35.6 Å². The Kier molecular flexibility index (Phi) is 7.11. The third-order valence-electron chi connectivity index (χ3n) is 6.39. The lowest BCUT2D eigenvalue weighted by molar-refractivity contribution is 0.482. The fourth-order valence-electron chi connectivity index (χ4n) is 4.40. The highest BCUT2D eigenvalue weighted by Crippen LogP contribution is 2.33. The lowest BCUT2D eigenvalue weighted by Gasteiger charge is -2.07. The van der Waals surface area contributed by atoms with Crippen LogP contribution in [0.1, 0.15) is 0 Å². The van der Waals surface area contributed by atoms with Gasteiger partial charge in [0.15, 0.2) is 5.69 Å². The Balaban J connectivity index is 1.46. The molecule has 2 aromatic heterocycles. The van der Waals surface area contributed by atoms with Crippen molar-refractivity contribution in [3.8, 4) is 27.6 Å². The molecule has 0 fully saturated rings. The van der Waals surface area contributed by atoms with Crippen LogP contribution in [0.5, 0.6) is 0 Å². The van der Waals surface area contributed by atoms with Gasteiger partial charge in [0.2, 0.25) is 5.13 Å². The molecule has 0 aliphatic heterocycles. The Morgan fingerprint density at radius 3 is 2.12 bits per heavy atom. The van der Waals surface area contributed by atoms with Gasteiger partial charge in [-0.1, -0.05) is 66.7 Å². The molecule has 0 atom stereocenters. The normalized spacial score (nSPS) is 12.3. The molecule has 0 unspecified atom stereocenters. The molecule has 15 heteroatoms. The van der Waals surface area contributed by atoms with Crippen molar-refractivity contribution in [1.82, 2.24) is 14.8 Å². The Bertz CT molecular complexity index is 2310. The molecule has 6 aromatic rings. The summed E-state index contributed by atoms with van der Waals surface area (Å²) in [4.78, 5) is 16.8. The second-order valence-electron chi connectivity index (χ2n) is 9.20. The van der Waals surface area contributed by atoms with Crippen LogP contribution in [0.4, 0.5) is 11.4 Å². The van der Waals surface area contributed by atoms with Crippen LogP contribution in [0.3, 0.4) is 0 Å². The predicted octanol–water partition coefficient (Wildman–Crippen LogP) is 6.02. The lowest BCUT2D eigenvalue weighted by Crippen LogP contribution is -2.13. The van der Waals surface area contributed by atoms with Crippen LogP contribution >= 0.6 is 11.3 Å². The number of aromatic nitrogens is 3. The Hall–Kier alpha value is -4.80. The minimum absolute atomic E-state index is 0.0131. The van der Waals surface area contributed by atoms with Gasteiger partial charge in [-0.05, 0) is 29.7 Å². The van der Waals surface area contributed by atoms with E-state index in [0.717, 1.165) is 11.6 Å². The fraction of sp³-hybridized carbons (Fsp3) is 0. The van der Waals surface area contributed by atoms with Crippen LogP contribution in [0.15, 0.2) is 121 Å². The summed E-state index contributed by atoms with van der Waals surface area (Å²) in [5.41, 5.74) is 2.17.